The molecular formula is C24H27BrN6O2S. The van der Waals surface area contributed by atoms with Crippen LogP contribution in [0.1, 0.15) is 63.7 Å². The molecule has 3 heterocycles. The van der Waals surface area contributed by atoms with Gasteiger partial charge < -0.3 is 15.6 Å². The first-order valence-electron chi connectivity index (χ1n) is 11.2. The quantitative estimate of drug-likeness (QED) is 0.412. The number of carbonyl (C=O) groups is 2. The van der Waals surface area contributed by atoms with Crippen LogP contribution >= 0.6 is 27.3 Å². The topological polar surface area (TPSA) is 116 Å². The molecule has 0 spiro atoms. The summed E-state index contributed by atoms with van der Waals surface area (Å²) < 4.78 is 2.74. The van der Waals surface area contributed by atoms with Gasteiger partial charge in [-0.25, -0.2) is 0 Å². The third-order valence-corrected chi connectivity index (χ3v) is 7.71. The minimum Gasteiger partial charge on any atom is -0.352 e. The zero-order valence-corrected chi connectivity index (χ0v) is 21.5. The molecule has 2 amide bonds. The molecule has 3 N–H and O–H groups in total. The molecule has 3 aromatic rings. The molecule has 0 saturated heterocycles. The Hall–Kier alpha value is -2.90. The highest BCUT2D eigenvalue weighted by molar-refractivity contribution is 9.10. The van der Waals surface area contributed by atoms with E-state index in [0.717, 1.165) is 28.6 Å². The minimum absolute atomic E-state index is 0.0191. The molecule has 0 aromatic carbocycles. The number of hydrogen-bond acceptors (Lipinski definition) is 5. The summed E-state index contributed by atoms with van der Waals surface area (Å²) in [7, 11) is 0. The Morgan fingerprint density at radius 1 is 1.38 bits per heavy atom. The van der Waals surface area contributed by atoms with E-state index in [4.69, 9.17) is 5.26 Å². The molecule has 0 radical (unpaired) electrons. The van der Waals surface area contributed by atoms with E-state index >= 15 is 0 Å². The number of H-pyrrole nitrogens is 1. The fourth-order valence-electron chi connectivity index (χ4n) is 4.47. The van der Waals surface area contributed by atoms with E-state index in [2.05, 4.69) is 50.5 Å². The second kappa shape index (κ2) is 10.2. The van der Waals surface area contributed by atoms with Gasteiger partial charge in [-0.1, -0.05) is 13.8 Å². The highest BCUT2D eigenvalue weighted by atomic mass is 79.9. The Bertz CT molecular complexity index is 1220. The van der Waals surface area contributed by atoms with Gasteiger partial charge >= 0.3 is 0 Å². The van der Waals surface area contributed by atoms with Crippen LogP contribution in [0.25, 0.3) is 0 Å². The number of aromatic amines is 1. The fourth-order valence-corrected chi connectivity index (χ4v) is 5.70. The van der Waals surface area contributed by atoms with Crippen molar-refractivity contribution in [1.82, 2.24) is 25.4 Å². The third kappa shape index (κ3) is 5.96. The summed E-state index contributed by atoms with van der Waals surface area (Å²) in [6.07, 6.45) is 7.95. The predicted octanol–water partition coefficient (Wildman–Crippen LogP) is 4.31. The first-order chi connectivity index (χ1) is 16.2. The standard InChI is InChI=1S/C24H27BrN6O2S/c1-24(2)6-5-20(16(8-24)11-28-22(32)15-7-18(9-26)27-10-15)30-23(33)21-4-3-19(34-21)14-31-13-17(25)12-29-31/h3-4,7,10,12-13,16,20,27H,5-6,8,11,14H2,1-2H3,(H,28,32)(H,30,33). The van der Waals surface area contributed by atoms with Crippen LogP contribution in [0.4, 0.5) is 0 Å². The Balaban J connectivity index is 1.38. The lowest BCUT2D eigenvalue weighted by atomic mass is 9.70. The third-order valence-electron chi connectivity index (χ3n) is 6.23. The molecular weight excluding hydrogens is 516 g/mol. The maximum Gasteiger partial charge on any atom is 0.261 e. The van der Waals surface area contributed by atoms with Crippen LogP contribution < -0.4 is 10.6 Å². The van der Waals surface area contributed by atoms with Gasteiger partial charge in [-0.05, 0) is 64.7 Å². The highest BCUT2D eigenvalue weighted by Gasteiger charge is 2.36. The summed E-state index contributed by atoms with van der Waals surface area (Å²) in [5.74, 6) is -0.186. The van der Waals surface area contributed by atoms with Crippen LogP contribution in [0.5, 0.6) is 0 Å². The van der Waals surface area contributed by atoms with Gasteiger partial charge in [0.1, 0.15) is 11.8 Å². The van der Waals surface area contributed by atoms with Crippen molar-refractivity contribution < 1.29 is 9.59 Å². The van der Waals surface area contributed by atoms with Gasteiger partial charge in [0.2, 0.25) is 0 Å². The number of aromatic nitrogens is 3. The van der Waals surface area contributed by atoms with Gasteiger partial charge in [0, 0.05) is 29.9 Å². The molecule has 1 aliphatic carbocycles. The average Bonchev–Trinajstić information content (AvgIpc) is 3.55. The van der Waals surface area contributed by atoms with E-state index in [0.29, 0.717) is 29.2 Å². The molecule has 4 rings (SSSR count). The molecule has 1 aliphatic rings. The largest absolute Gasteiger partial charge is 0.352 e. The zero-order valence-electron chi connectivity index (χ0n) is 19.1. The van der Waals surface area contributed by atoms with Crippen molar-refractivity contribution in [2.24, 2.45) is 11.3 Å². The summed E-state index contributed by atoms with van der Waals surface area (Å²) in [6.45, 7) is 5.53. The summed E-state index contributed by atoms with van der Waals surface area (Å²) in [5.41, 5.74) is 0.930. The highest BCUT2D eigenvalue weighted by Crippen LogP contribution is 2.38. The molecule has 1 saturated carbocycles. The van der Waals surface area contributed by atoms with Crippen molar-refractivity contribution in [3.63, 3.8) is 0 Å². The number of nitriles is 1. The zero-order chi connectivity index (χ0) is 24.3. The van der Waals surface area contributed by atoms with Crippen molar-refractivity contribution in [3.8, 4) is 6.07 Å². The number of nitrogens with one attached hydrogen (secondary N) is 3. The SMILES string of the molecule is CC1(C)CCC(NC(=O)c2ccc(Cn3cc(Br)cn3)s2)C(CNC(=O)c2c[nH]c(C#N)c2)C1. The molecule has 8 nitrogen and oxygen atoms in total. The Morgan fingerprint density at radius 2 is 2.21 bits per heavy atom. The number of carbonyl (C=O) groups excluding carboxylic acids is 2. The van der Waals surface area contributed by atoms with Crippen LogP contribution in [0, 0.1) is 22.7 Å². The molecule has 0 aliphatic heterocycles. The van der Waals surface area contributed by atoms with Crippen LogP contribution in [0.3, 0.4) is 0 Å². The van der Waals surface area contributed by atoms with Crippen molar-refractivity contribution in [2.45, 2.75) is 45.7 Å². The fraction of sp³-hybridized carbons (Fsp3) is 0.417. The smallest absolute Gasteiger partial charge is 0.261 e. The number of rotatable bonds is 7. The summed E-state index contributed by atoms with van der Waals surface area (Å²) in [6, 6.07) is 7.33. The van der Waals surface area contributed by atoms with Crippen LogP contribution in [-0.2, 0) is 6.54 Å². The number of thiophene rings is 1. The van der Waals surface area contributed by atoms with Gasteiger partial charge in [-0.2, -0.15) is 10.4 Å². The van der Waals surface area contributed by atoms with Gasteiger partial charge in [0.15, 0.2) is 0 Å². The molecule has 3 aromatic heterocycles. The summed E-state index contributed by atoms with van der Waals surface area (Å²) in [4.78, 5) is 30.1. The minimum atomic E-state index is -0.223. The van der Waals surface area contributed by atoms with Crippen molar-refractivity contribution >= 4 is 39.1 Å². The lowest BCUT2D eigenvalue weighted by molar-refractivity contribution is 0.0827. The second-order valence-electron chi connectivity index (χ2n) is 9.49. The lowest BCUT2D eigenvalue weighted by Gasteiger charge is -2.41. The average molecular weight is 543 g/mol. The second-order valence-corrected chi connectivity index (χ2v) is 11.6. The van der Waals surface area contributed by atoms with E-state index in [1.807, 2.05) is 29.1 Å². The van der Waals surface area contributed by atoms with Crippen LogP contribution in [0.2, 0.25) is 0 Å². The number of amides is 2. The van der Waals surface area contributed by atoms with Crippen molar-refractivity contribution in [3.05, 3.63) is 62.3 Å². The van der Waals surface area contributed by atoms with Gasteiger partial charge in [0.05, 0.1) is 27.7 Å². The molecule has 2 unspecified atom stereocenters. The summed E-state index contributed by atoms with van der Waals surface area (Å²) in [5, 5.41) is 19.4. The molecule has 178 valence electrons. The number of halogens is 1. The van der Waals surface area contributed by atoms with E-state index in [9.17, 15) is 9.59 Å². The van der Waals surface area contributed by atoms with Crippen LogP contribution in [-0.4, -0.2) is 39.2 Å². The molecule has 2 atom stereocenters. The van der Waals surface area contributed by atoms with Gasteiger partial charge in [0.25, 0.3) is 11.8 Å². The first-order valence-corrected chi connectivity index (χ1v) is 12.8. The van der Waals surface area contributed by atoms with E-state index < -0.39 is 0 Å². The van der Waals surface area contributed by atoms with Gasteiger partial charge in [-0.15, -0.1) is 11.3 Å². The van der Waals surface area contributed by atoms with E-state index in [-0.39, 0.29) is 29.2 Å². The lowest BCUT2D eigenvalue weighted by Crippen LogP contribution is -2.49. The maximum atomic E-state index is 13.0. The molecule has 0 bridgehead atoms. The molecule has 34 heavy (non-hydrogen) atoms. The van der Waals surface area contributed by atoms with E-state index in [1.54, 1.807) is 6.20 Å². The molecule has 1 fully saturated rings. The number of hydrogen-bond donors (Lipinski definition) is 3. The molecule has 10 heteroatoms. The van der Waals surface area contributed by atoms with Crippen LogP contribution in [0.15, 0.2) is 41.3 Å². The predicted molar refractivity (Wildman–Crippen MR) is 134 cm³/mol. The Kier molecular flexibility index (Phi) is 7.24. The Labute approximate surface area is 210 Å². The first kappa shape index (κ1) is 24.2. The van der Waals surface area contributed by atoms with E-state index in [1.165, 1.54) is 23.6 Å². The normalized spacial score (nSPS) is 19.4. The Morgan fingerprint density at radius 3 is 2.91 bits per heavy atom. The van der Waals surface area contributed by atoms with Crippen molar-refractivity contribution in [2.75, 3.05) is 6.54 Å². The van der Waals surface area contributed by atoms with Crippen molar-refractivity contribution in [1.29, 1.82) is 5.26 Å². The van der Waals surface area contributed by atoms with Gasteiger partial charge in [-0.3, -0.25) is 14.3 Å². The maximum absolute atomic E-state index is 13.0. The number of nitrogens with zero attached hydrogens (tertiary/aromatic N) is 3. The monoisotopic (exact) mass is 542 g/mol. The summed E-state index contributed by atoms with van der Waals surface area (Å²) >= 11 is 4.86.